The fourth-order valence-corrected chi connectivity index (χ4v) is 4.79. The predicted octanol–water partition coefficient (Wildman–Crippen LogP) is 2.47. The van der Waals surface area contributed by atoms with E-state index in [-0.39, 0.29) is 6.09 Å². The summed E-state index contributed by atoms with van der Waals surface area (Å²) in [5.74, 6) is 1.84. The monoisotopic (exact) mass is 286 g/mol. The van der Waals surface area contributed by atoms with Crippen molar-refractivity contribution in [2.75, 3.05) is 25.4 Å². The molecule has 0 radical (unpaired) electrons. The lowest BCUT2D eigenvalue weighted by Gasteiger charge is -2.42. The van der Waals surface area contributed by atoms with Crippen LogP contribution in [0.25, 0.3) is 0 Å². The second kappa shape index (κ2) is 5.52. The zero-order valence-electron chi connectivity index (χ0n) is 12.3. The summed E-state index contributed by atoms with van der Waals surface area (Å²) in [7, 11) is 0. The Morgan fingerprint density at radius 3 is 2.58 bits per heavy atom. The molecular weight excluding hydrogens is 260 g/mol. The number of piperidine rings is 1. The number of ether oxygens (including phenoxy) is 1. The maximum absolute atomic E-state index is 12.0. The van der Waals surface area contributed by atoms with E-state index in [2.05, 4.69) is 11.8 Å². The Morgan fingerprint density at radius 1 is 1.42 bits per heavy atom. The molecule has 1 atom stereocenters. The molecule has 0 aliphatic carbocycles. The molecule has 2 fully saturated rings. The van der Waals surface area contributed by atoms with Crippen LogP contribution in [-0.2, 0) is 4.74 Å². The van der Waals surface area contributed by atoms with Crippen molar-refractivity contribution in [2.45, 2.75) is 50.4 Å². The van der Waals surface area contributed by atoms with E-state index in [1.165, 1.54) is 12.2 Å². The Labute approximate surface area is 120 Å². The maximum Gasteiger partial charge on any atom is 0.410 e. The van der Waals surface area contributed by atoms with Crippen LogP contribution in [0.3, 0.4) is 0 Å². The van der Waals surface area contributed by atoms with Crippen LogP contribution in [0.5, 0.6) is 0 Å². The molecule has 19 heavy (non-hydrogen) atoms. The topological polar surface area (TPSA) is 55.6 Å². The molecule has 2 aliphatic rings. The lowest BCUT2D eigenvalue weighted by Crippen LogP contribution is -2.49. The molecule has 4 nitrogen and oxygen atoms in total. The van der Waals surface area contributed by atoms with Crippen molar-refractivity contribution in [1.82, 2.24) is 4.90 Å². The number of nitrogens with zero attached hydrogens (tertiary/aromatic N) is 1. The van der Waals surface area contributed by atoms with Crippen LogP contribution in [0.2, 0.25) is 0 Å². The van der Waals surface area contributed by atoms with E-state index in [9.17, 15) is 4.79 Å². The Kier molecular flexibility index (Phi) is 4.35. The first-order valence-corrected chi connectivity index (χ1v) is 8.17. The van der Waals surface area contributed by atoms with Crippen LogP contribution < -0.4 is 5.73 Å². The van der Waals surface area contributed by atoms with Crippen molar-refractivity contribution >= 4 is 17.9 Å². The Hall–Kier alpha value is -0.420. The van der Waals surface area contributed by atoms with Crippen molar-refractivity contribution in [3.8, 4) is 0 Å². The molecule has 2 N–H and O–H groups in total. The van der Waals surface area contributed by atoms with Crippen LogP contribution in [0, 0.1) is 5.92 Å². The molecule has 0 saturated carbocycles. The summed E-state index contributed by atoms with van der Waals surface area (Å²) >= 11 is 2.07. The fraction of sp³-hybridized carbons (Fsp3) is 0.929. The Morgan fingerprint density at radius 2 is 2.05 bits per heavy atom. The molecule has 110 valence electrons. The van der Waals surface area contributed by atoms with Gasteiger partial charge in [0.1, 0.15) is 5.60 Å². The molecule has 0 aromatic rings. The number of hydrogen-bond acceptors (Lipinski definition) is 4. The molecule has 0 aromatic heterocycles. The fourth-order valence-electron chi connectivity index (χ4n) is 3.06. The highest BCUT2D eigenvalue weighted by Gasteiger charge is 2.45. The molecule has 1 amide bonds. The number of hydrogen-bond donors (Lipinski definition) is 1. The van der Waals surface area contributed by atoms with Crippen LogP contribution in [-0.4, -0.2) is 46.7 Å². The minimum Gasteiger partial charge on any atom is -0.444 e. The van der Waals surface area contributed by atoms with E-state index < -0.39 is 5.60 Å². The number of carbonyl (C=O) groups is 1. The van der Waals surface area contributed by atoms with E-state index in [4.69, 9.17) is 10.5 Å². The third-order valence-corrected chi connectivity index (χ3v) is 5.90. The normalized spacial score (nSPS) is 26.7. The summed E-state index contributed by atoms with van der Waals surface area (Å²) in [6.45, 7) is 8.12. The van der Waals surface area contributed by atoms with Crippen LogP contribution in [0.4, 0.5) is 4.79 Å². The summed E-state index contributed by atoms with van der Waals surface area (Å²) in [6.07, 6.45) is 3.17. The molecular formula is C14H26N2O2S. The van der Waals surface area contributed by atoms with Gasteiger partial charge in [-0.15, -0.1) is 0 Å². The summed E-state index contributed by atoms with van der Waals surface area (Å²) in [4.78, 5) is 13.9. The second-order valence-corrected chi connectivity index (χ2v) is 8.11. The van der Waals surface area contributed by atoms with E-state index >= 15 is 0 Å². The van der Waals surface area contributed by atoms with Gasteiger partial charge in [0, 0.05) is 17.8 Å². The van der Waals surface area contributed by atoms with Gasteiger partial charge in [-0.3, -0.25) is 0 Å². The number of amides is 1. The van der Waals surface area contributed by atoms with Gasteiger partial charge >= 0.3 is 6.09 Å². The number of nitrogens with two attached hydrogens (primary N) is 1. The van der Waals surface area contributed by atoms with Gasteiger partial charge < -0.3 is 15.4 Å². The third-order valence-electron chi connectivity index (χ3n) is 4.15. The molecule has 2 saturated heterocycles. The zero-order valence-corrected chi connectivity index (χ0v) is 13.1. The van der Waals surface area contributed by atoms with Gasteiger partial charge in [0.05, 0.1) is 0 Å². The highest BCUT2D eigenvalue weighted by Crippen LogP contribution is 2.49. The summed E-state index contributed by atoms with van der Waals surface area (Å²) < 4.78 is 5.76. The van der Waals surface area contributed by atoms with Gasteiger partial charge in [-0.1, -0.05) is 0 Å². The lowest BCUT2D eigenvalue weighted by atomic mass is 9.82. The maximum atomic E-state index is 12.0. The third kappa shape index (κ3) is 3.37. The Balaban J connectivity index is 1.90. The minimum atomic E-state index is -0.409. The van der Waals surface area contributed by atoms with E-state index in [1.807, 2.05) is 25.7 Å². The van der Waals surface area contributed by atoms with E-state index in [0.717, 1.165) is 32.5 Å². The van der Waals surface area contributed by atoms with Crippen LogP contribution >= 0.6 is 11.8 Å². The minimum absolute atomic E-state index is 0.172. The SMILES string of the molecule is CC(C)(C)OC(=O)N1CCC2(CC1)SCCC2CN. The van der Waals surface area contributed by atoms with Gasteiger partial charge in [-0.2, -0.15) is 11.8 Å². The predicted molar refractivity (Wildman–Crippen MR) is 79.4 cm³/mol. The van der Waals surface area contributed by atoms with Gasteiger partial charge in [0.15, 0.2) is 0 Å². The molecule has 2 heterocycles. The quantitative estimate of drug-likeness (QED) is 0.804. The van der Waals surface area contributed by atoms with E-state index in [0.29, 0.717) is 10.7 Å². The first-order chi connectivity index (χ1) is 8.86. The van der Waals surface area contributed by atoms with Gasteiger partial charge in [-0.25, -0.2) is 4.79 Å². The largest absolute Gasteiger partial charge is 0.444 e. The molecule has 5 heteroatoms. The molecule has 2 aliphatic heterocycles. The summed E-state index contributed by atoms with van der Waals surface area (Å²) in [6, 6.07) is 0. The van der Waals surface area contributed by atoms with Crippen LogP contribution in [0.15, 0.2) is 0 Å². The number of rotatable bonds is 1. The molecule has 1 unspecified atom stereocenters. The average molecular weight is 286 g/mol. The van der Waals surface area contributed by atoms with Gasteiger partial charge in [-0.05, 0) is 58.2 Å². The summed E-state index contributed by atoms with van der Waals surface area (Å²) in [5.41, 5.74) is 5.49. The number of thioether (sulfide) groups is 1. The van der Waals surface area contributed by atoms with Crippen molar-refractivity contribution in [3.05, 3.63) is 0 Å². The van der Waals surface area contributed by atoms with Crippen molar-refractivity contribution in [3.63, 3.8) is 0 Å². The van der Waals surface area contributed by atoms with Gasteiger partial charge in [0.2, 0.25) is 0 Å². The van der Waals surface area contributed by atoms with Crippen molar-refractivity contribution in [2.24, 2.45) is 11.7 Å². The highest BCUT2D eigenvalue weighted by atomic mass is 32.2. The highest BCUT2D eigenvalue weighted by molar-refractivity contribution is 8.00. The smallest absolute Gasteiger partial charge is 0.410 e. The zero-order chi connectivity index (χ0) is 14.1. The standard InChI is InChI=1S/C14H26N2O2S/c1-13(2,3)18-12(17)16-7-5-14(6-8-16)11(10-15)4-9-19-14/h11H,4-10,15H2,1-3H3. The Bertz CT molecular complexity index is 333. The molecule has 0 bridgehead atoms. The van der Waals surface area contributed by atoms with Crippen LogP contribution in [0.1, 0.15) is 40.0 Å². The molecule has 1 spiro atoms. The number of likely N-dealkylation sites (tertiary alicyclic amines) is 1. The summed E-state index contributed by atoms with van der Waals surface area (Å²) in [5, 5.41) is 0. The van der Waals surface area contributed by atoms with E-state index in [1.54, 1.807) is 0 Å². The average Bonchev–Trinajstić information content (AvgIpc) is 2.70. The first kappa shape index (κ1) is 15.0. The van der Waals surface area contributed by atoms with Gasteiger partial charge in [0.25, 0.3) is 0 Å². The number of carbonyl (C=O) groups excluding carboxylic acids is 1. The lowest BCUT2D eigenvalue weighted by molar-refractivity contribution is 0.0183. The van der Waals surface area contributed by atoms with Crippen molar-refractivity contribution < 1.29 is 9.53 Å². The first-order valence-electron chi connectivity index (χ1n) is 7.18. The molecule has 2 rings (SSSR count). The molecule has 0 aromatic carbocycles. The van der Waals surface area contributed by atoms with Crippen molar-refractivity contribution in [1.29, 1.82) is 0 Å². The second-order valence-electron chi connectivity index (χ2n) is 6.60.